The molecule has 0 aromatic heterocycles. The van der Waals surface area contributed by atoms with Crippen LogP contribution in [0.2, 0.25) is 0 Å². The Kier molecular flexibility index (Phi) is 24.0. The molecular formula is C91H101N3O6. The molecule has 2 unspecified atom stereocenters. The zero-order valence-electron chi connectivity index (χ0n) is 60.5. The van der Waals surface area contributed by atoms with Crippen molar-refractivity contribution in [1.29, 1.82) is 0 Å². The van der Waals surface area contributed by atoms with Crippen LogP contribution in [0.5, 0.6) is 0 Å². The van der Waals surface area contributed by atoms with Gasteiger partial charge in [-0.2, -0.15) is 0 Å². The second kappa shape index (κ2) is 33.3. The average molecular weight is 1330 g/mol. The van der Waals surface area contributed by atoms with Gasteiger partial charge in [-0.3, -0.25) is 14.4 Å². The van der Waals surface area contributed by atoms with Crippen molar-refractivity contribution in [3.8, 4) is 0 Å². The molecule has 0 aliphatic rings. The molecule has 3 amide bonds. The second-order valence-electron chi connectivity index (χ2n) is 27.1. The number of nitrogens with zero attached hydrogens (tertiary/aromatic N) is 3. The van der Waals surface area contributed by atoms with E-state index in [4.69, 9.17) is 14.2 Å². The standard InChI is InChI=1S/C91H101N3O6/c1-10-16-54-92(55-17-11-2)86(95)68-32-42-77(43-33-68)89(98-7,80-48-30-66-26-22-24-28-71(66)60-80)82-50-38-75-64-84(52-40-73(75)62-82)91(100-9,79-46-36-70(37-47-79)88(97)94(58-20-14-5)59-21-15-6)85-53-41-74-63-83(51-39-76(74)65-85)90(99-8,81-49-31-67-27-23-25-29-72(67)61-81)78-44-34-69(35-45-78)87(96)93(56-18-12-3)57-19-13-4/h22-53,60-65H,10-21,54-59H2,1-9H3. The zero-order chi connectivity index (χ0) is 70.2. The second-order valence-corrected chi connectivity index (χ2v) is 27.1. The molecule has 0 bridgehead atoms. The molecule has 0 radical (unpaired) electrons. The first-order valence-electron chi connectivity index (χ1n) is 36.8. The Labute approximate surface area is 594 Å². The molecule has 0 heterocycles. The van der Waals surface area contributed by atoms with Gasteiger partial charge in [-0.15, -0.1) is 0 Å². The third-order valence-corrected chi connectivity index (χ3v) is 20.7. The number of methoxy groups -OCH3 is 3. The van der Waals surface area contributed by atoms with E-state index in [-0.39, 0.29) is 17.7 Å². The van der Waals surface area contributed by atoms with Gasteiger partial charge in [-0.25, -0.2) is 0 Å². The summed E-state index contributed by atoms with van der Waals surface area (Å²) in [6, 6.07) is 80.6. The number of carbonyl (C=O) groups excluding carboxylic acids is 3. The predicted molar refractivity (Wildman–Crippen MR) is 413 cm³/mol. The van der Waals surface area contributed by atoms with Gasteiger partial charge in [0.05, 0.1) is 0 Å². The highest BCUT2D eigenvalue weighted by Gasteiger charge is 2.41. The van der Waals surface area contributed by atoms with Gasteiger partial charge in [0.1, 0.15) is 16.8 Å². The number of hydrogen-bond donors (Lipinski definition) is 0. The van der Waals surface area contributed by atoms with Crippen molar-refractivity contribution < 1.29 is 28.6 Å². The number of unbranched alkanes of at least 4 members (excludes halogenated alkanes) is 6. The molecule has 0 aliphatic heterocycles. The summed E-state index contributed by atoms with van der Waals surface area (Å²) in [6.45, 7) is 17.4. The van der Waals surface area contributed by atoms with E-state index in [1.807, 2.05) is 51.1 Å². The summed E-state index contributed by atoms with van der Waals surface area (Å²) in [5, 5.41) is 8.46. The topological polar surface area (TPSA) is 88.6 Å². The summed E-state index contributed by atoms with van der Waals surface area (Å²) < 4.78 is 21.0. The maximum Gasteiger partial charge on any atom is 0.253 e. The lowest BCUT2D eigenvalue weighted by atomic mass is 9.76. The Morgan fingerprint density at radius 2 is 0.430 bits per heavy atom. The van der Waals surface area contributed by atoms with Gasteiger partial charge in [0.2, 0.25) is 0 Å². The van der Waals surface area contributed by atoms with Gasteiger partial charge in [0, 0.05) is 77.3 Å². The monoisotopic (exact) mass is 1330 g/mol. The molecule has 0 saturated carbocycles. The first-order chi connectivity index (χ1) is 48.9. The third-order valence-electron chi connectivity index (χ3n) is 20.7. The van der Waals surface area contributed by atoms with Crippen LogP contribution >= 0.6 is 0 Å². The summed E-state index contributed by atoms with van der Waals surface area (Å²) in [4.78, 5) is 48.9. The van der Waals surface area contributed by atoms with Crippen molar-refractivity contribution in [1.82, 2.24) is 14.7 Å². The summed E-state index contributed by atoms with van der Waals surface area (Å²) in [7, 11) is 5.34. The van der Waals surface area contributed by atoms with Crippen LogP contribution in [0.25, 0.3) is 43.1 Å². The van der Waals surface area contributed by atoms with E-state index in [9.17, 15) is 14.4 Å². The number of benzene rings is 11. The number of amides is 3. The number of rotatable bonds is 33. The molecule has 0 fully saturated rings. The van der Waals surface area contributed by atoms with E-state index in [0.717, 1.165) is 196 Å². The predicted octanol–water partition coefficient (Wildman–Crippen LogP) is 21.2. The summed E-state index contributed by atoms with van der Waals surface area (Å²) in [5.74, 6) is 0.140. The molecule has 0 spiro atoms. The maximum atomic E-state index is 14.4. The minimum atomic E-state index is -1.17. The molecule has 0 N–H and O–H groups in total. The average Bonchev–Trinajstić information content (AvgIpc) is 0.742. The van der Waals surface area contributed by atoms with E-state index in [1.165, 1.54) is 0 Å². The third kappa shape index (κ3) is 14.7. The van der Waals surface area contributed by atoms with Crippen molar-refractivity contribution in [2.45, 2.75) is 135 Å². The molecule has 9 heteroatoms. The Morgan fingerprint density at radius 3 is 0.630 bits per heavy atom. The largest absolute Gasteiger partial charge is 0.364 e. The lowest BCUT2D eigenvalue weighted by molar-refractivity contribution is 0.0583. The number of fused-ring (bicyclic) bond motifs is 4. The summed E-state index contributed by atoms with van der Waals surface area (Å²) in [5.41, 5.74) is 6.98. The molecule has 2 atom stereocenters. The Balaban J connectivity index is 1.04. The maximum absolute atomic E-state index is 14.4. The smallest absolute Gasteiger partial charge is 0.253 e. The van der Waals surface area contributed by atoms with Crippen LogP contribution in [0.3, 0.4) is 0 Å². The quantitative estimate of drug-likeness (QED) is 0.0381. The molecule has 100 heavy (non-hydrogen) atoms. The highest BCUT2D eigenvalue weighted by Crippen LogP contribution is 2.47. The van der Waals surface area contributed by atoms with Crippen molar-refractivity contribution in [3.05, 3.63) is 297 Å². The van der Waals surface area contributed by atoms with E-state index in [1.54, 1.807) is 21.3 Å². The van der Waals surface area contributed by atoms with E-state index >= 15 is 0 Å². The fourth-order valence-corrected chi connectivity index (χ4v) is 14.9. The van der Waals surface area contributed by atoms with Crippen molar-refractivity contribution in [3.63, 3.8) is 0 Å². The minimum Gasteiger partial charge on any atom is -0.364 e. The van der Waals surface area contributed by atoms with Gasteiger partial charge in [-0.1, -0.05) is 238 Å². The van der Waals surface area contributed by atoms with Crippen LogP contribution in [0.15, 0.2) is 231 Å². The summed E-state index contributed by atoms with van der Waals surface area (Å²) >= 11 is 0. The Bertz CT molecular complexity index is 4310. The molecule has 0 saturated heterocycles. The van der Waals surface area contributed by atoms with Crippen molar-refractivity contribution in [2.75, 3.05) is 60.6 Å². The lowest BCUT2D eigenvalue weighted by Gasteiger charge is -2.36. The number of ether oxygens (including phenoxy) is 3. The van der Waals surface area contributed by atoms with Crippen LogP contribution in [0.4, 0.5) is 0 Å². The van der Waals surface area contributed by atoms with Crippen LogP contribution < -0.4 is 0 Å². The molecule has 0 aliphatic carbocycles. The lowest BCUT2D eigenvalue weighted by Crippen LogP contribution is -2.34. The first-order valence-corrected chi connectivity index (χ1v) is 36.8. The van der Waals surface area contributed by atoms with Crippen molar-refractivity contribution >= 4 is 60.8 Å². The highest BCUT2D eigenvalue weighted by atomic mass is 16.5. The van der Waals surface area contributed by atoms with E-state index < -0.39 is 16.8 Å². The van der Waals surface area contributed by atoms with Crippen LogP contribution in [0, 0.1) is 0 Å². The fourth-order valence-electron chi connectivity index (χ4n) is 14.9. The molecule has 11 aromatic rings. The number of hydrogen-bond acceptors (Lipinski definition) is 6. The number of carbonyl (C=O) groups is 3. The van der Waals surface area contributed by atoms with Crippen LogP contribution in [-0.2, 0) is 31.0 Å². The van der Waals surface area contributed by atoms with Gasteiger partial charge < -0.3 is 28.9 Å². The van der Waals surface area contributed by atoms with E-state index in [0.29, 0.717) is 29.8 Å². The van der Waals surface area contributed by atoms with Gasteiger partial charge in [0.15, 0.2) is 0 Å². The highest BCUT2D eigenvalue weighted by molar-refractivity contribution is 5.96. The molecule has 11 aromatic carbocycles. The Hall–Kier alpha value is -9.25. The molecule has 9 nitrogen and oxygen atoms in total. The SMILES string of the molecule is CCCCN(CCCC)C(=O)c1ccc(C(OC)(c2ccc3ccccc3c2)c2ccc3cc(C(OC)(c4ccc(C(=O)N(CCCC)CCCC)cc4)c4ccc5cc(C(OC)(c6ccc(C(=O)N(CCCC)CCCC)cc6)c6ccc7ccccc7c6)ccc5c4)ccc3c2)cc1. The van der Waals surface area contributed by atoms with E-state index in [2.05, 4.69) is 236 Å². The van der Waals surface area contributed by atoms with Gasteiger partial charge in [0.25, 0.3) is 17.7 Å². The molecular weight excluding hydrogens is 1230 g/mol. The van der Waals surface area contributed by atoms with Crippen LogP contribution in [-0.4, -0.2) is 93.0 Å². The zero-order valence-corrected chi connectivity index (χ0v) is 60.5. The fraction of sp³-hybridized carbons (Fsp3) is 0.330. The Morgan fingerprint density at radius 1 is 0.250 bits per heavy atom. The van der Waals surface area contributed by atoms with Gasteiger partial charge >= 0.3 is 0 Å². The summed E-state index contributed by atoms with van der Waals surface area (Å²) in [6.07, 6.45) is 11.8. The van der Waals surface area contributed by atoms with Gasteiger partial charge in [-0.05, 0) is 204 Å². The minimum absolute atomic E-state index is 0.0351. The van der Waals surface area contributed by atoms with Crippen molar-refractivity contribution in [2.24, 2.45) is 0 Å². The van der Waals surface area contributed by atoms with Crippen LogP contribution in [0.1, 0.15) is 200 Å². The molecule has 516 valence electrons. The first kappa shape index (κ1) is 72.0. The normalized spacial score (nSPS) is 13.4. The molecule has 11 rings (SSSR count).